The summed E-state index contributed by atoms with van der Waals surface area (Å²) < 4.78 is 0.290. The number of nitrogens with two attached hydrogens (primary N) is 1. The van der Waals surface area contributed by atoms with Crippen LogP contribution in [0.2, 0.25) is 10.0 Å². The van der Waals surface area contributed by atoms with Crippen LogP contribution in [0.15, 0.2) is 54.6 Å². The average molecular weight is 399 g/mol. The third-order valence-electron chi connectivity index (χ3n) is 4.01. The molecular weight excluding hydrogens is 387 g/mol. The Morgan fingerprint density at radius 2 is 1.42 bits per heavy atom. The van der Waals surface area contributed by atoms with Crippen LogP contribution in [-0.4, -0.2) is 15.0 Å². The van der Waals surface area contributed by atoms with Crippen molar-refractivity contribution in [3.8, 4) is 22.4 Å². The smallest absolute Gasteiger partial charge is 0.200 e. The number of rotatable bonds is 2. The van der Waals surface area contributed by atoms with Gasteiger partial charge in [-0.1, -0.05) is 47.5 Å². The number of hydrogen-bond acceptors (Lipinski definition) is 4. The summed E-state index contributed by atoms with van der Waals surface area (Å²) in [6.45, 7) is 0. The van der Waals surface area contributed by atoms with Gasteiger partial charge in [0, 0.05) is 15.6 Å². The van der Waals surface area contributed by atoms with Gasteiger partial charge >= 0.3 is 0 Å². The SMILES string of the molecule is Nc1[nH]c(=S)nc2nc(-c3ccc(Cl)cc3)cc(-c3ccc(Cl)cc3)c12. The second kappa shape index (κ2) is 6.68. The van der Waals surface area contributed by atoms with E-state index >= 15 is 0 Å². The van der Waals surface area contributed by atoms with Gasteiger partial charge in [0.25, 0.3) is 0 Å². The van der Waals surface area contributed by atoms with Crippen LogP contribution in [0, 0.1) is 4.77 Å². The Morgan fingerprint density at radius 1 is 0.846 bits per heavy atom. The van der Waals surface area contributed by atoms with Crippen LogP contribution in [0.4, 0.5) is 5.82 Å². The fourth-order valence-electron chi connectivity index (χ4n) is 2.81. The Morgan fingerprint density at radius 3 is 2.04 bits per heavy atom. The molecule has 7 heteroatoms. The monoisotopic (exact) mass is 398 g/mol. The molecule has 0 spiro atoms. The number of benzene rings is 2. The Balaban J connectivity index is 2.05. The fourth-order valence-corrected chi connectivity index (χ4v) is 3.25. The van der Waals surface area contributed by atoms with E-state index in [0.29, 0.717) is 21.5 Å². The number of fused-ring (bicyclic) bond motifs is 1. The third kappa shape index (κ3) is 3.17. The minimum absolute atomic E-state index is 0.290. The van der Waals surface area contributed by atoms with Crippen LogP contribution >= 0.6 is 35.4 Å². The number of aromatic amines is 1. The summed E-state index contributed by atoms with van der Waals surface area (Å²) in [4.78, 5) is 11.9. The second-order valence-corrected chi connectivity index (χ2v) is 6.98. The van der Waals surface area contributed by atoms with E-state index in [1.54, 1.807) is 0 Å². The highest BCUT2D eigenvalue weighted by Crippen LogP contribution is 2.34. The number of nitrogen functional groups attached to an aromatic ring is 1. The van der Waals surface area contributed by atoms with Gasteiger partial charge in [-0.25, -0.2) is 4.98 Å². The lowest BCUT2D eigenvalue weighted by Crippen LogP contribution is -2.00. The van der Waals surface area contributed by atoms with Crippen molar-refractivity contribution in [3.05, 3.63) is 69.4 Å². The summed E-state index contributed by atoms with van der Waals surface area (Å²) in [6.07, 6.45) is 0. The number of anilines is 1. The van der Waals surface area contributed by atoms with Crippen molar-refractivity contribution < 1.29 is 0 Å². The molecule has 2 aromatic carbocycles. The van der Waals surface area contributed by atoms with Crippen molar-refractivity contribution in [1.29, 1.82) is 0 Å². The molecule has 3 N–H and O–H groups in total. The van der Waals surface area contributed by atoms with E-state index in [9.17, 15) is 0 Å². The molecule has 2 aromatic heterocycles. The first-order valence-electron chi connectivity index (χ1n) is 7.74. The lowest BCUT2D eigenvalue weighted by atomic mass is 10.00. The number of hydrogen-bond donors (Lipinski definition) is 2. The molecule has 2 heterocycles. The molecule has 0 atom stereocenters. The lowest BCUT2D eigenvalue weighted by Gasteiger charge is -2.12. The van der Waals surface area contributed by atoms with Crippen LogP contribution in [0.25, 0.3) is 33.4 Å². The van der Waals surface area contributed by atoms with E-state index in [1.165, 1.54) is 0 Å². The van der Waals surface area contributed by atoms with Crippen molar-refractivity contribution in [1.82, 2.24) is 15.0 Å². The molecule has 0 saturated heterocycles. The van der Waals surface area contributed by atoms with Crippen LogP contribution in [0.1, 0.15) is 0 Å². The van der Waals surface area contributed by atoms with E-state index in [2.05, 4.69) is 15.0 Å². The molecule has 128 valence electrons. The Labute approximate surface area is 164 Å². The van der Waals surface area contributed by atoms with Gasteiger partial charge < -0.3 is 10.7 Å². The largest absolute Gasteiger partial charge is 0.385 e. The van der Waals surface area contributed by atoms with Crippen molar-refractivity contribution >= 4 is 52.3 Å². The maximum absolute atomic E-state index is 6.19. The Hall–Kier alpha value is -2.47. The van der Waals surface area contributed by atoms with E-state index in [1.807, 2.05) is 54.6 Å². The highest BCUT2D eigenvalue weighted by atomic mass is 35.5. The number of nitrogens with one attached hydrogen (secondary N) is 1. The predicted octanol–water partition coefficient (Wildman–Crippen LogP) is 5.91. The summed E-state index contributed by atoms with van der Waals surface area (Å²) >= 11 is 17.2. The first-order valence-corrected chi connectivity index (χ1v) is 8.90. The van der Waals surface area contributed by atoms with Crippen LogP contribution in [-0.2, 0) is 0 Å². The summed E-state index contributed by atoms with van der Waals surface area (Å²) in [5.74, 6) is 0.431. The second-order valence-electron chi connectivity index (χ2n) is 5.72. The average Bonchev–Trinajstić information content (AvgIpc) is 2.61. The molecule has 0 fully saturated rings. The number of pyridine rings is 1. The molecule has 0 aliphatic heterocycles. The molecule has 4 nitrogen and oxygen atoms in total. The minimum atomic E-state index is 0.290. The quantitative estimate of drug-likeness (QED) is 0.411. The maximum atomic E-state index is 6.19. The zero-order valence-corrected chi connectivity index (χ0v) is 15.7. The normalized spacial score (nSPS) is 11.0. The van der Waals surface area contributed by atoms with Gasteiger partial charge in [0.15, 0.2) is 10.4 Å². The summed E-state index contributed by atoms with van der Waals surface area (Å²) in [5.41, 5.74) is 10.2. The van der Waals surface area contributed by atoms with E-state index < -0.39 is 0 Å². The van der Waals surface area contributed by atoms with E-state index in [-0.39, 0.29) is 4.77 Å². The molecule has 0 saturated carbocycles. The number of aromatic nitrogens is 3. The molecule has 4 aromatic rings. The number of nitrogens with zero attached hydrogens (tertiary/aromatic N) is 2. The molecule has 0 radical (unpaired) electrons. The molecule has 4 rings (SSSR count). The zero-order chi connectivity index (χ0) is 18.3. The summed E-state index contributed by atoms with van der Waals surface area (Å²) in [6, 6.07) is 17.0. The minimum Gasteiger partial charge on any atom is -0.385 e. The zero-order valence-electron chi connectivity index (χ0n) is 13.3. The van der Waals surface area contributed by atoms with Gasteiger partial charge in [-0.3, -0.25) is 0 Å². The molecule has 0 unspecified atom stereocenters. The highest BCUT2D eigenvalue weighted by molar-refractivity contribution is 7.71. The van der Waals surface area contributed by atoms with Crippen LogP contribution in [0.5, 0.6) is 0 Å². The first-order chi connectivity index (χ1) is 12.5. The molecule has 26 heavy (non-hydrogen) atoms. The summed E-state index contributed by atoms with van der Waals surface area (Å²) in [7, 11) is 0. The van der Waals surface area contributed by atoms with Crippen LogP contribution in [0.3, 0.4) is 0 Å². The van der Waals surface area contributed by atoms with Gasteiger partial charge in [-0.15, -0.1) is 0 Å². The topological polar surface area (TPSA) is 67.6 Å². The lowest BCUT2D eigenvalue weighted by molar-refractivity contribution is 1.16. The molecule has 0 aliphatic carbocycles. The van der Waals surface area contributed by atoms with E-state index in [4.69, 9.17) is 41.2 Å². The third-order valence-corrected chi connectivity index (χ3v) is 4.71. The fraction of sp³-hybridized carbons (Fsp3) is 0. The first kappa shape index (κ1) is 17.0. The highest BCUT2D eigenvalue weighted by Gasteiger charge is 2.14. The van der Waals surface area contributed by atoms with E-state index in [0.717, 1.165) is 27.8 Å². The number of H-pyrrole nitrogens is 1. The van der Waals surface area contributed by atoms with Gasteiger partial charge in [0.05, 0.1) is 11.1 Å². The predicted molar refractivity (Wildman–Crippen MR) is 110 cm³/mol. The van der Waals surface area contributed by atoms with Crippen LogP contribution < -0.4 is 5.73 Å². The van der Waals surface area contributed by atoms with Crippen molar-refractivity contribution in [2.75, 3.05) is 5.73 Å². The van der Waals surface area contributed by atoms with Crippen molar-refractivity contribution in [2.45, 2.75) is 0 Å². The van der Waals surface area contributed by atoms with Gasteiger partial charge in [0.2, 0.25) is 0 Å². The maximum Gasteiger partial charge on any atom is 0.200 e. The molecule has 0 amide bonds. The number of halogens is 2. The van der Waals surface area contributed by atoms with Gasteiger partial charge in [-0.05, 0) is 53.7 Å². The standard InChI is InChI=1S/C19H12Cl2N4S/c20-12-5-1-10(2-6-12)14-9-15(11-3-7-13(21)8-4-11)23-18-16(14)17(22)24-19(26)25-18/h1-9H,(H3,22,23,24,25,26). The Kier molecular flexibility index (Phi) is 4.36. The molecule has 0 aliphatic rings. The molecular formula is C19H12Cl2N4S. The molecule has 0 bridgehead atoms. The van der Waals surface area contributed by atoms with Gasteiger partial charge in [0.1, 0.15) is 5.82 Å². The Bertz CT molecular complexity index is 1170. The van der Waals surface area contributed by atoms with Crippen molar-refractivity contribution in [2.24, 2.45) is 0 Å². The van der Waals surface area contributed by atoms with Crippen molar-refractivity contribution in [3.63, 3.8) is 0 Å². The summed E-state index contributed by atoms with van der Waals surface area (Å²) in [5, 5.41) is 2.05. The van der Waals surface area contributed by atoms with Gasteiger partial charge in [-0.2, -0.15) is 4.98 Å².